The third-order valence-corrected chi connectivity index (χ3v) is 4.48. The molecule has 90 valence electrons. The summed E-state index contributed by atoms with van der Waals surface area (Å²) in [4.78, 5) is 0. The summed E-state index contributed by atoms with van der Waals surface area (Å²) >= 11 is 3.57. The molecule has 1 rings (SSSR count). The van der Waals surface area contributed by atoms with Gasteiger partial charge >= 0.3 is 0 Å². The minimum atomic E-state index is 0.543. The van der Waals surface area contributed by atoms with Crippen molar-refractivity contribution < 1.29 is 4.74 Å². The van der Waals surface area contributed by atoms with E-state index in [1.54, 1.807) is 0 Å². The molecule has 0 spiro atoms. The molecule has 0 amide bonds. The maximum absolute atomic E-state index is 6.02. The van der Waals surface area contributed by atoms with E-state index in [1.807, 2.05) is 0 Å². The fraction of sp³-hybridized carbons (Fsp3) is 1.00. The molecule has 1 atom stereocenters. The molecule has 0 saturated heterocycles. The SMILES string of the molecule is CC1CCC(OCC(CBr)C(C)C)CC1. The molecule has 0 radical (unpaired) electrons. The molecule has 1 aliphatic rings. The van der Waals surface area contributed by atoms with Gasteiger partial charge in [0.05, 0.1) is 12.7 Å². The Labute approximate surface area is 103 Å². The van der Waals surface area contributed by atoms with Gasteiger partial charge in [-0.05, 0) is 43.4 Å². The van der Waals surface area contributed by atoms with Crippen LogP contribution in [0, 0.1) is 17.8 Å². The monoisotopic (exact) mass is 276 g/mol. The molecular weight excluding hydrogens is 252 g/mol. The fourth-order valence-electron chi connectivity index (χ4n) is 2.07. The molecule has 2 heteroatoms. The van der Waals surface area contributed by atoms with Crippen molar-refractivity contribution in [2.24, 2.45) is 17.8 Å². The van der Waals surface area contributed by atoms with E-state index in [-0.39, 0.29) is 0 Å². The number of halogens is 1. The van der Waals surface area contributed by atoms with Gasteiger partial charge < -0.3 is 4.74 Å². The van der Waals surface area contributed by atoms with Crippen LogP contribution in [0.4, 0.5) is 0 Å². The van der Waals surface area contributed by atoms with Gasteiger partial charge in [0.15, 0.2) is 0 Å². The zero-order chi connectivity index (χ0) is 11.3. The number of alkyl halides is 1. The second-order valence-electron chi connectivity index (χ2n) is 5.37. The van der Waals surface area contributed by atoms with E-state index in [9.17, 15) is 0 Å². The van der Waals surface area contributed by atoms with Crippen LogP contribution in [-0.4, -0.2) is 18.0 Å². The normalized spacial score (nSPS) is 29.4. The summed E-state index contributed by atoms with van der Waals surface area (Å²) in [5.74, 6) is 2.30. The van der Waals surface area contributed by atoms with Crippen molar-refractivity contribution in [1.82, 2.24) is 0 Å². The van der Waals surface area contributed by atoms with Gasteiger partial charge in [-0.3, -0.25) is 0 Å². The highest BCUT2D eigenvalue weighted by atomic mass is 79.9. The van der Waals surface area contributed by atoms with Crippen LogP contribution < -0.4 is 0 Å². The molecule has 15 heavy (non-hydrogen) atoms. The lowest BCUT2D eigenvalue weighted by atomic mass is 9.89. The highest BCUT2D eigenvalue weighted by Gasteiger charge is 2.20. The molecule has 0 aliphatic heterocycles. The smallest absolute Gasteiger partial charge is 0.0575 e. The van der Waals surface area contributed by atoms with Crippen molar-refractivity contribution >= 4 is 15.9 Å². The average Bonchev–Trinajstić information content (AvgIpc) is 2.21. The van der Waals surface area contributed by atoms with Crippen LogP contribution in [0.1, 0.15) is 46.5 Å². The van der Waals surface area contributed by atoms with Crippen molar-refractivity contribution in [3.63, 3.8) is 0 Å². The zero-order valence-electron chi connectivity index (χ0n) is 10.3. The van der Waals surface area contributed by atoms with Crippen molar-refractivity contribution in [3.05, 3.63) is 0 Å². The molecule has 0 aromatic heterocycles. The Kier molecular flexibility index (Phi) is 6.21. The van der Waals surface area contributed by atoms with Crippen molar-refractivity contribution in [2.45, 2.75) is 52.6 Å². The Morgan fingerprint density at radius 3 is 2.27 bits per heavy atom. The molecule has 1 fully saturated rings. The number of rotatable bonds is 5. The van der Waals surface area contributed by atoms with Crippen molar-refractivity contribution in [2.75, 3.05) is 11.9 Å². The third kappa shape index (κ3) is 4.86. The summed E-state index contributed by atoms with van der Waals surface area (Å²) < 4.78 is 6.02. The predicted molar refractivity (Wildman–Crippen MR) is 69.5 cm³/mol. The van der Waals surface area contributed by atoms with Crippen LogP contribution in [0.3, 0.4) is 0 Å². The van der Waals surface area contributed by atoms with Crippen LogP contribution in [0.5, 0.6) is 0 Å². The molecule has 0 bridgehead atoms. The number of hydrogen-bond donors (Lipinski definition) is 0. The van der Waals surface area contributed by atoms with Crippen LogP contribution in [0.25, 0.3) is 0 Å². The Balaban J connectivity index is 2.18. The summed E-state index contributed by atoms with van der Waals surface area (Å²) in [6, 6.07) is 0. The summed E-state index contributed by atoms with van der Waals surface area (Å²) in [6.07, 6.45) is 5.79. The maximum atomic E-state index is 6.02. The lowest BCUT2D eigenvalue weighted by molar-refractivity contribution is -0.00259. The first-order valence-electron chi connectivity index (χ1n) is 6.31. The standard InChI is InChI=1S/C13H25BrO/c1-10(2)12(8-14)9-15-13-6-4-11(3)5-7-13/h10-13H,4-9H2,1-3H3. The van der Waals surface area contributed by atoms with E-state index in [0.29, 0.717) is 17.9 Å². The fourth-order valence-corrected chi connectivity index (χ4v) is 3.01. The molecule has 1 aliphatic carbocycles. The molecule has 0 N–H and O–H groups in total. The second kappa shape index (κ2) is 6.90. The zero-order valence-corrected chi connectivity index (χ0v) is 11.9. The third-order valence-electron chi connectivity index (χ3n) is 3.65. The highest BCUT2D eigenvalue weighted by molar-refractivity contribution is 9.09. The van der Waals surface area contributed by atoms with Gasteiger partial charge in [-0.1, -0.05) is 36.7 Å². The molecule has 0 aromatic rings. The van der Waals surface area contributed by atoms with Gasteiger partial charge in [-0.25, -0.2) is 0 Å². The Morgan fingerprint density at radius 1 is 1.20 bits per heavy atom. The molecule has 1 nitrogen and oxygen atoms in total. The number of ether oxygens (including phenoxy) is 1. The Morgan fingerprint density at radius 2 is 1.80 bits per heavy atom. The van der Waals surface area contributed by atoms with Crippen LogP contribution in [-0.2, 0) is 4.74 Å². The largest absolute Gasteiger partial charge is 0.378 e. The number of hydrogen-bond acceptors (Lipinski definition) is 1. The van der Waals surface area contributed by atoms with Crippen molar-refractivity contribution in [3.8, 4) is 0 Å². The van der Waals surface area contributed by atoms with Crippen LogP contribution >= 0.6 is 15.9 Å². The summed E-state index contributed by atoms with van der Waals surface area (Å²) in [7, 11) is 0. The van der Waals surface area contributed by atoms with Gasteiger partial charge in [-0.2, -0.15) is 0 Å². The van der Waals surface area contributed by atoms with E-state index in [0.717, 1.165) is 17.9 Å². The summed E-state index contributed by atoms with van der Waals surface area (Å²) in [6.45, 7) is 7.84. The lowest BCUT2D eigenvalue weighted by Gasteiger charge is -2.28. The van der Waals surface area contributed by atoms with Crippen LogP contribution in [0.15, 0.2) is 0 Å². The van der Waals surface area contributed by atoms with Gasteiger partial charge in [0.2, 0.25) is 0 Å². The second-order valence-corrected chi connectivity index (χ2v) is 6.02. The minimum absolute atomic E-state index is 0.543. The Hall–Kier alpha value is 0.440. The average molecular weight is 277 g/mol. The first kappa shape index (κ1) is 13.5. The van der Waals surface area contributed by atoms with E-state index in [2.05, 4.69) is 36.7 Å². The molecule has 0 aromatic carbocycles. The predicted octanol–water partition coefficient (Wildman–Crippen LogP) is 4.25. The van der Waals surface area contributed by atoms with E-state index in [4.69, 9.17) is 4.74 Å². The van der Waals surface area contributed by atoms with E-state index in [1.165, 1.54) is 25.7 Å². The van der Waals surface area contributed by atoms with Gasteiger partial charge in [-0.15, -0.1) is 0 Å². The first-order chi connectivity index (χ1) is 7.13. The highest BCUT2D eigenvalue weighted by Crippen LogP contribution is 2.26. The summed E-state index contributed by atoms with van der Waals surface area (Å²) in [5, 5.41) is 1.06. The van der Waals surface area contributed by atoms with E-state index < -0.39 is 0 Å². The first-order valence-corrected chi connectivity index (χ1v) is 7.43. The maximum Gasteiger partial charge on any atom is 0.0575 e. The lowest BCUT2D eigenvalue weighted by Crippen LogP contribution is -2.25. The summed E-state index contributed by atoms with van der Waals surface area (Å²) in [5.41, 5.74) is 0. The molecule has 0 heterocycles. The van der Waals surface area contributed by atoms with Crippen molar-refractivity contribution in [1.29, 1.82) is 0 Å². The molecule has 1 unspecified atom stereocenters. The molecule has 1 saturated carbocycles. The van der Waals surface area contributed by atoms with E-state index >= 15 is 0 Å². The quantitative estimate of drug-likeness (QED) is 0.683. The van der Waals surface area contributed by atoms with Gasteiger partial charge in [0.1, 0.15) is 0 Å². The minimum Gasteiger partial charge on any atom is -0.378 e. The topological polar surface area (TPSA) is 9.23 Å². The van der Waals surface area contributed by atoms with Crippen LogP contribution in [0.2, 0.25) is 0 Å². The molecular formula is C13H25BrO. The Bertz CT molecular complexity index is 162. The van der Waals surface area contributed by atoms with Gasteiger partial charge in [0, 0.05) is 5.33 Å². The van der Waals surface area contributed by atoms with Gasteiger partial charge in [0.25, 0.3) is 0 Å².